The van der Waals surface area contributed by atoms with Gasteiger partial charge in [0.2, 0.25) is 5.91 Å². The smallest absolute Gasteiger partial charge is 0.326 e. The minimum absolute atomic E-state index is 0.135. The number of carboxylic acids is 1. The quantitative estimate of drug-likeness (QED) is 0.523. The number of nitrogens with one attached hydrogen (secondary N) is 2. The van der Waals surface area contributed by atoms with E-state index in [2.05, 4.69) is 10.6 Å². The van der Waals surface area contributed by atoms with E-state index in [-0.39, 0.29) is 6.54 Å². The number of hydrogen-bond donors (Lipinski definition) is 3. The van der Waals surface area contributed by atoms with Crippen LogP contribution in [-0.2, 0) is 14.4 Å². The van der Waals surface area contributed by atoms with Crippen LogP contribution in [0.1, 0.15) is 19.8 Å². The molecule has 0 aliphatic carbocycles. The fourth-order valence-electron chi connectivity index (χ4n) is 1.54. The number of amides is 4. The van der Waals surface area contributed by atoms with Crippen LogP contribution >= 0.6 is 0 Å². The highest BCUT2D eigenvalue weighted by Gasteiger charge is 2.31. The first-order valence-electron chi connectivity index (χ1n) is 5.56. The molecule has 1 saturated heterocycles. The predicted octanol–water partition coefficient (Wildman–Crippen LogP) is -1.09. The van der Waals surface area contributed by atoms with Gasteiger partial charge in [0.05, 0.1) is 6.54 Å². The van der Waals surface area contributed by atoms with E-state index in [0.29, 0.717) is 12.8 Å². The summed E-state index contributed by atoms with van der Waals surface area (Å²) in [5.41, 5.74) is 0. The Bertz CT molecular complexity index is 366. The lowest BCUT2D eigenvalue weighted by Gasteiger charge is -2.16. The molecule has 1 aliphatic rings. The molecule has 1 heterocycles. The van der Waals surface area contributed by atoms with Crippen LogP contribution in [0.3, 0.4) is 0 Å². The second kappa shape index (κ2) is 5.99. The van der Waals surface area contributed by atoms with E-state index in [1.807, 2.05) is 0 Å². The molecule has 0 unspecified atom stereocenters. The van der Waals surface area contributed by atoms with E-state index in [1.54, 1.807) is 6.92 Å². The summed E-state index contributed by atoms with van der Waals surface area (Å²) in [6.07, 6.45) is 0.890. The van der Waals surface area contributed by atoms with Gasteiger partial charge in [-0.2, -0.15) is 0 Å². The normalized spacial score (nSPS) is 16.4. The van der Waals surface area contributed by atoms with Crippen molar-refractivity contribution in [1.82, 2.24) is 15.5 Å². The third-order valence-corrected chi connectivity index (χ3v) is 2.45. The van der Waals surface area contributed by atoms with Crippen LogP contribution in [0.15, 0.2) is 0 Å². The van der Waals surface area contributed by atoms with Crippen molar-refractivity contribution in [3.8, 4) is 0 Å². The first-order chi connectivity index (χ1) is 8.45. The van der Waals surface area contributed by atoms with Crippen molar-refractivity contribution in [3.05, 3.63) is 0 Å². The maximum atomic E-state index is 11.5. The number of carbonyl (C=O) groups excluding carboxylic acids is 3. The summed E-state index contributed by atoms with van der Waals surface area (Å²) < 4.78 is 0. The monoisotopic (exact) mass is 257 g/mol. The second-order valence-electron chi connectivity index (χ2n) is 3.89. The fraction of sp³-hybridized carbons (Fsp3) is 0.600. The molecule has 0 aromatic rings. The van der Waals surface area contributed by atoms with Crippen LogP contribution in [0.2, 0.25) is 0 Å². The SMILES string of the molecule is CCC[C@H](NC(=O)CN1C(=O)CNC1=O)C(=O)O. The van der Waals surface area contributed by atoms with E-state index in [4.69, 9.17) is 5.11 Å². The van der Waals surface area contributed by atoms with Crippen molar-refractivity contribution >= 4 is 23.8 Å². The van der Waals surface area contributed by atoms with Crippen LogP contribution in [0, 0.1) is 0 Å². The van der Waals surface area contributed by atoms with Crippen molar-refractivity contribution < 1.29 is 24.3 Å². The molecule has 0 saturated carbocycles. The van der Waals surface area contributed by atoms with Gasteiger partial charge in [-0.3, -0.25) is 14.5 Å². The minimum Gasteiger partial charge on any atom is -0.480 e. The summed E-state index contributed by atoms with van der Waals surface area (Å²) in [5.74, 6) is -2.30. The molecule has 1 fully saturated rings. The zero-order valence-corrected chi connectivity index (χ0v) is 9.93. The van der Waals surface area contributed by atoms with Gasteiger partial charge >= 0.3 is 12.0 Å². The molecule has 0 spiro atoms. The average molecular weight is 257 g/mol. The van der Waals surface area contributed by atoms with Crippen LogP contribution in [0.25, 0.3) is 0 Å². The Hall–Kier alpha value is -2.12. The number of aliphatic carboxylic acids is 1. The van der Waals surface area contributed by atoms with E-state index in [0.717, 1.165) is 4.90 Å². The topological polar surface area (TPSA) is 116 Å². The highest BCUT2D eigenvalue weighted by Crippen LogP contribution is 2.00. The molecule has 0 bridgehead atoms. The van der Waals surface area contributed by atoms with E-state index < -0.39 is 36.4 Å². The van der Waals surface area contributed by atoms with Crippen LogP contribution in [0.4, 0.5) is 4.79 Å². The third-order valence-electron chi connectivity index (χ3n) is 2.45. The largest absolute Gasteiger partial charge is 0.480 e. The van der Waals surface area contributed by atoms with Gasteiger partial charge in [0.15, 0.2) is 0 Å². The van der Waals surface area contributed by atoms with Crippen molar-refractivity contribution in [2.24, 2.45) is 0 Å². The number of carboxylic acid groups (broad SMARTS) is 1. The molecule has 1 rings (SSSR count). The molecule has 1 aliphatic heterocycles. The van der Waals surface area contributed by atoms with Crippen molar-refractivity contribution in [3.63, 3.8) is 0 Å². The highest BCUT2D eigenvalue weighted by atomic mass is 16.4. The van der Waals surface area contributed by atoms with Gasteiger partial charge in [0.1, 0.15) is 12.6 Å². The van der Waals surface area contributed by atoms with E-state index in [9.17, 15) is 19.2 Å². The van der Waals surface area contributed by atoms with Gasteiger partial charge in [-0.05, 0) is 6.42 Å². The zero-order chi connectivity index (χ0) is 13.7. The maximum absolute atomic E-state index is 11.5. The Morgan fingerprint density at radius 2 is 2.17 bits per heavy atom. The highest BCUT2D eigenvalue weighted by molar-refractivity contribution is 6.04. The van der Waals surface area contributed by atoms with Gasteiger partial charge in [0, 0.05) is 0 Å². The zero-order valence-electron chi connectivity index (χ0n) is 9.93. The van der Waals surface area contributed by atoms with Crippen molar-refractivity contribution in [2.45, 2.75) is 25.8 Å². The van der Waals surface area contributed by atoms with Crippen molar-refractivity contribution in [1.29, 1.82) is 0 Å². The van der Waals surface area contributed by atoms with Crippen LogP contribution < -0.4 is 10.6 Å². The number of carbonyl (C=O) groups is 4. The maximum Gasteiger partial charge on any atom is 0.326 e. The first kappa shape index (κ1) is 13.9. The Labute approximate surface area is 103 Å². The standard InChI is InChI=1S/C10H15N3O5/c1-2-3-6(9(16)17)12-7(14)5-13-8(15)4-11-10(13)18/h6H,2-5H2,1H3,(H,11,18)(H,12,14)(H,16,17)/t6-/m0/s1. The summed E-state index contributed by atoms with van der Waals surface area (Å²) in [6.45, 7) is 1.20. The molecule has 4 amide bonds. The Kier molecular flexibility index (Phi) is 4.64. The second-order valence-corrected chi connectivity index (χ2v) is 3.89. The Morgan fingerprint density at radius 3 is 2.61 bits per heavy atom. The van der Waals surface area contributed by atoms with Crippen LogP contribution in [0.5, 0.6) is 0 Å². The molecule has 0 aromatic carbocycles. The van der Waals surface area contributed by atoms with Gasteiger partial charge in [-0.15, -0.1) is 0 Å². The van der Waals surface area contributed by atoms with Gasteiger partial charge < -0.3 is 15.7 Å². The van der Waals surface area contributed by atoms with Gasteiger partial charge in [-0.25, -0.2) is 9.59 Å². The number of rotatable bonds is 6. The van der Waals surface area contributed by atoms with Crippen molar-refractivity contribution in [2.75, 3.05) is 13.1 Å². The fourth-order valence-corrected chi connectivity index (χ4v) is 1.54. The lowest BCUT2D eigenvalue weighted by Crippen LogP contribution is -2.47. The molecular weight excluding hydrogens is 242 g/mol. The number of urea groups is 1. The summed E-state index contributed by atoms with van der Waals surface area (Å²) in [7, 11) is 0. The molecule has 3 N–H and O–H groups in total. The first-order valence-corrected chi connectivity index (χ1v) is 5.56. The number of nitrogens with zero attached hydrogens (tertiary/aromatic N) is 1. The molecule has 0 aromatic heterocycles. The summed E-state index contributed by atoms with van der Waals surface area (Å²) in [4.78, 5) is 45.5. The molecule has 18 heavy (non-hydrogen) atoms. The summed E-state index contributed by atoms with van der Waals surface area (Å²) in [6, 6.07) is -1.64. The minimum atomic E-state index is -1.14. The predicted molar refractivity (Wildman–Crippen MR) is 59.6 cm³/mol. The number of hydrogen-bond acceptors (Lipinski definition) is 4. The molecule has 8 nitrogen and oxygen atoms in total. The lowest BCUT2D eigenvalue weighted by atomic mass is 10.1. The lowest BCUT2D eigenvalue weighted by molar-refractivity contribution is -0.142. The Balaban J connectivity index is 2.52. The Morgan fingerprint density at radius 1 is 1.50 bits per heavy atom. The van der Waals surface area contributed by atoms with Gasteiger partial charge in [-0.1, -0.05) is 13.3 Å². The molecular formula is C10H15N3O5. The average Bonchev–Trinajstić information content (AvgIpc) is 2.60. The van der Waals surface area contributed by atoms with Crippen LogP contribution in [-0.4, -0.2) is 53.0 Å². The summed E-state index contributed by atoms with van der Waals surface area (Å²) >= 11 is 0. The third kappa shape index (κ3) is 3.44. The molecule has 0 radical (unpaired) electrons. The molecule has 8 heteroatoms. The van der Waals surface area contributed by atoms with Gasteiger partial charge in [0.25, 0.3) is 5.91 Å². The summed E-state index contributed by atoms with van der Waals surface area (Å²) in [5, 5.41) is 13.4. The number of imide groups is 1. The van der Waals surface area contributed by atoms with E-state index >= 15 is 0 Å². The van der Waals surface area contributed by atoms with E-state index in [1.165, 1.54) is 0 Å². The molecule has 1 atom stereocenters. The molecule has 100 valence electrons.